The highest BCUT2D eigenvalue weighted by atomic mass is 35.5. The standard InChI is InChI=1S/C23H17Cl2N3O7/c24-12-1-6-16(15(25)9-12)34-10-18(29)26-11-23-8-7-17(35-23)19-20(23)22(31)27(21(19)30)13-2-4-14(5-3-13)28(32)33/h1-9,17,19-20H,10-11H2,(H,26,29)/t17-,19+,20-,23-/m1/s1. The van der Waals surface area contributed by atoms with Gasteiger partial charge in [0.15, 0.2) is 6.61 Å². The van der Waals surface area contributed by atoms with Crippen molar-refractivity contribution in [2.75, 3.05) is 18.1 Å². The van der Waals surface area contributed by atoms with E-state index in [4.69, 9.17) is 32.7 Å². The molecule has 5 rings (SSSR count). The van der Waals surface area contributed by atoms with E-state index in [-0.39, 0.29) is 35.3 Å². The van der Waals surface area contributed by atoms with Gasteiger partial charge in [-0.25, -0.2) is 4.90 Å². The highest BCUT2D eigenvalue weighted by molar-refractivity contribution is 6.35. The maximum atomic E-state index is 13.3. The Morgan fingerprint density at radius 1 is 1.17 bits per heavy atom. The molecule has 0 aliphatic carbocycles. The van der Waals surface area contributed by atoms with Gasteiger partial charge in [0.2, 0.25) is 11.8 Å². The van der Waals surface area contributed by atoms with Crippen molar-refractivity contribution in [1.29, 1.82) is 0 Å². The molecule has 4 atom stereocenters. The highest BCUT2D eigenvalue weighted by Crippen LogP contribution is 2.52. The molecule has 0 aromatic heterocycles. The average Bonchev–Trinajstić information content (AvgIpc) is 3.47. The Bertz CT molecular complexity index is 1280. The summed E-state index contributed by atoms with van der Waals surface area (Å²) >= 11 is 11.9. The Balaban J connectivity index is 1.28. The Kier molecular flexibility index (Phi) is 5.74. The minimum Gasteiger partial charge on any atom is -0.482 e. The molecule has 0 saturated carbocycles. The number of non-ortho nitro benzene ring substituents is 1. The molecule has 35 heavy (non-hydrogen) atoms. The van der Waals surface area contributed by atoms with Gasteiger partial charge >= 0.3 is 0 Å². The van der Waals surface area contributed by atoms with Gasteiger partial charge in [0.05, 0.1) is 40.1 Å². The summed E-state index contributed by atoms with van der Waals surface area (Å²) in [6, 6.07) is 9.80. The van der Waals surface area contributed by atoms with E-state index < -0.39 is 46.2 Å². The summed E-state index contributed by atoms with van der Waals surface area (Å²) in [5, 5.41) is 14.3. The predicted octanol–water partition coefficient (Wildman–Crippen LogP) is 2.91. The lowest BCUT2D eigenvalue weighted by atomic mass is 9.77. The van der Waals surface area contributed by atoms with Gasteiger partial charge in [0.25, 0.3) is 11.6 Å². The van der Waals surface area contributed by atoms with Crippen molar-refractivity contribution in [2.24, 2.45) is 11.8 Å². The summed E-state index contributed by atoms with van der Waals surface area (Å²) < 4.78 is 11.4. The summed E-state index contributed by atoms with van der Waals surface area (Å²) in [6.45, 7) is -0.384. The first kappa shape index (κ1) is 23.3. The number of nitro benzene ring substituents is 1. The fourth-order valence-corrected chi connectivity index (χ4v) is 5.17. The largest absolute Gasteiger partial charge is 0.482 e. The first-order chi connectivity index (χ1) is 16.7. The molecule has 0 unspecified atom stereocenters. The Morgan fingerprint density at radius 2 is 1.91 bits per heavy atom. The van der Waals surface area contributed by atoms with Crippen LogP contribution in [-0.4, -0.2) is 47.5 Å². The number of carbonyl (C=O) groups is 3. The van der Waals surface area contributed by atoms with E-state index in [2.05, 4.69) is 5.32 Å². The van der Waals surface area contributed by atoms with E-state index >= 15 is 0 Å². The minimum absolute atomic E-state index is 0.0508. The summed E-state index contributed by atoms with van der Waals surface area (Å²) in [6.07, 6.45) is 2.79. The molecule has 0 spiro atoms. The second-order valence-electron chi connectivity index (χ2n) is 8.33. The smallest absolute Gasteiger partial charge is 0.269 e. The zero-order valence-electron chi connectivity index (χ0n) is 17.9. The molecule has 10 nitrogen and oxygen atoms in total. The van der Waals surface area contributed by atoms with Crippen molar-refractivity contribution in [3.63, 3.8) is 0 Å². The lowest BCUT2D eigenvalue weighted by Crippen LogP contribution is -2.49. The van der Waals surface area contributed by atoms with Crippen molar-refractivity contribution >= 4 is 52.3 Å². The minimum atomic E-state index is -1.19. The van der Waals surface area contributed by atoms with Crippen molar-refractivity contribution in [3.8, 4) is 5.75 Å². The van der Waals surface area contributed by atoms with Gasteiger partial charge in [-0.2, -0.15) is 0 Å². The quantitative estimate of drug-likeness (QED) is 0.258. The summed E-state index contributed by atoms with van der Waals surface area (Å²) in [7, 11) is 0. The fourth-order valence-electron chi connectivity index (χ4n) is 4.71. The number of fused-ring (bicyclic) bond motifs is 5. The maximum absolute atomic E-state index is 13.3. The fraction of sp³-hybridized carbons (Fsp3) is 0.261. The SMILES string of the molecule is O=C(COc1ccc(Cl)cc1Cl)NC[C@@]12C=C[C@@H](O1)[C@@H]1C(=O)N(c3ccc([N+](=O)[O-])cc3)C(=O)[C@@H]12. The predicted molar refractivity (Wildman–Crippen MR) is 124 cm³/mol. The van der Waals surface area contributed by atoms with Gasteiger partial charge in [0.1, 0.15) is 11.4 Å². The third-order valence-electron chi connectivity index (χ3n) is 6.29. The summed E-state index contributed by atoms with van der Waals surface area (Å²) in [5.41, 5.74) is -1.10. The van der Waals surface area contributed by atoms with Crippen LogP contribution >= 0.6 is 23.2 Å². The number of nitrogens with zero attached hydrogens (tertiary/aromatic N) is 2. The van der Waals surface area contributed by atoms with Crippen LogP contribution in [0.5, 0.6) is 5.75 Å². The number of ether oxygens (including phenoxy) is 2. The van der Waals surface area contributed by atoms with Crippen molar-refractivity contribution < 1.29 is 28.8 Å². The zero-order chi connectivity index (χ0) is 24.9. The van der Waals surface area contributed by atoms with Crippen LogP contribution in [-0.2, 0) is 19.1 Å². The number of nitro groups is 1. The average molecular weight is 518 g/mol. The van der Waals surface area contributed by atoms with Crippen molar-refractivity contribution in [2.45, 2.75) is 11.7 Å². The van der Waals surface area contributed by atoms with Crippen LogP contribution in [0.2, 0.25) is 10.0 Å². The molecule has 2 fully saturated rings. The maximum Gasteiger partial charge on any atom is 0.269 e. The van der Waals surface area contributed by atoms with Gasteiger partial charge in [-0.15, -0.1) is 0 Å². The first-order valence-corrected chi connectivity index (χ1v) is 11.3. The number of hydrogen-bond donors (Lipinski definition) is 1. The zero-order valence-corrected chi connectivity index (χ0v) is 19.4. The van der Waals surface area contributed by atoms with Gasteiger partial charge in [0, 0.05) is 17.2 Å². The molecule has 12 heteroatoms. The third kappa shape index (κ3) is 3.93. The van der Waals surface area contributed by atoms with Gasteiger partial charge in [-0.05, 0) is 30.3 Å². The monoisotopic (exact) mass is 517 g/mol. The van der Waals surface area contributed by atoms with Crippen LogP contribution in [0, 0.1) is 22.0 Å². The van der Waals surface area contributed by atoms with E-state index in [0.29, 0.717) is 5.02 Å². The Hall–Kier alpha value is -3.47. The Labute approximate surface area is 208 Å². The van der Waals surface area contributed by atoms with E-state index in [0.717, 1.165) is 4.90 Å². The lowest BCUT2D eigenvalue weighted by Gasteiger charge is -2.29. The second kappa shape index (κ2) is 8.63. The molecular weight excluding hydrogens is 501 g/mol. The van der Waals surface area contributed by atoms with E-state index in [1.54, 1.807) is 24.3 Å². The molecule has 3 aliphatic rings. The number of hydrogen-bond acceptors (Lipinski definition) is 7. The van der Waals surface area contributed by atoms with Crippen LogP contribution in [0.25, 0.3) is 0 Å². The van der Waals surface area contributed by atoms with Gasteiger partial charge in [-0.1, -0.05) is 35.4 Å². The molecule has 2 bridgehead atoms. The molecule has 2 aromatic carbocycles. The summed E-state index contributed by atoms with van der Waals surface area (Å²) in [5.74, 6) is -2.71. The van der Waals surface area contributed by atoms with Crippen LogP contribution < -0.4 is 15.0 Å². The number of halogens is 2. The third-order valence-corrected chi connectivity index (χ3v) is 6.82. The number of imide groups is 1. The molecule has 1 N–H and O–H groups in total. The molecule has 2 saturated heterocycles. The Morgan fingerprint density at radius 3 is 2.60 bits per heavy atom. The molecule has 3 heterocycles. The lowest BCUT2D eigenvalue weighted by molar-refractivity contribution is -0.384. The van der Waals surface area contributed by atoms with Crippen LogP contribution in [0.3, 0.4) is 0 Å². The molecule has 2 aromatic rings. The number of rotatable bonds is 7. The number of anilines is 1. The van der Waals surface area contributed by atoms with E-state index in [1.807, 2.05) is 0 Å². The number of amides is 3. The highest BCUT2D eigenvalue weighted by Gasteiger charge is 2.67. The number of carbonyl (C=O) groups excluding carboxylic acids is 3. The van der Waals surface area contributed by atoms with E-state index in [9.17, 15) is 24.5 Å². The number of benzene rings is 2. The van der Waals surface area contributed by atoms with Crippen molar-refractivity contribution in [3.05, 3.63) is 74.8 Å². The first-order valence-electron chi connectivity index (χ1n) is 10.5. The van der Waals surface area contributed by atoms with Crippen LogP contribution in [0.1, 0.15) is 0 Å². The molecule has 0 radical (unpaired) electrons. The molecular formula is C23H17Cl2N3O7. The summed E-state index contributed by atoms with van der Waals surface area (Å²) in [4.78, 5) is 50.3. The molecule has 3 amide bonds. The molecule has 180 valence electrons. The second-order valence-corrected chi connectivity index (χ2v) is 9.17. The molecule has 3 aliphatic heterocycles. The van der Waals surface area contributed by atoms with Crippen LogP contribution in [0.4, 0.5) is 11.4 Å². The van der Waals surface area contributed by atoms with Gasteiger partial charge < -0.3 is 14.8 Å². The van der Waals surface area contributed by atoms with Crippen molar-refractivity contribution in [1.82, 2.24) is 5.32 Å². The topological polar surface area (TPSA) is 128 Å². The van der Waals surface area contributed by atoms with E-state index in [1.165, 1.54) is 30.3 Å². The number of nitrogens with one attached hydrogen (secondary N) is 1. The van der Waals surface area contributed by atoms with Crippen LogP contribution in [0.15, 0.2) is 54.6 Å². The van der Waals surface area contributed by atoms with Gasteiger partial charge in [-0.3, -0.25) is 24.5 Å². The normalized spacial score (nSPS) is 26.2.